The number of hydrogen-bond acceptors (Lipinski definition) is 4. The van der Waals surface area contributed by atoms with Crippen LogP contribution < -0.4 is 10.6 Å². The van der Waals surface area contributed by atoms with Crippen LogP contribution in [0.25, 0.3) is 5.69 Å². The van der Waals surface area contributed by atoms with Gasteiger partial charge in [-0.25, -0.2) is 9.67 Å². The summed E-state index contributed by atoms with van der Waals surface area (Å²) in [6.07, 6.45) is 2.88. The normalized spacial score (nSPS) is 11.8. The molecule has 168 valence electrons. The molecule has 0 aliphatic heterocycles. The van der Waals surface area contributed by atoms with Crippen molar-refractivity contribution >= 4 is 34.8 Å². The number of halogens is 1. The third kappa shape index (κ3) is 4.80. The fourth-order valence-corrected chi connectivity index (χ4v) is 3.73. The van der Waals surface area contributed by atoms with E-state index in [9.17, 15) is 9.59 Å². The number of nitrogens with zero attached hydrogens (tertiary/aromatic N) is 4. The lowest BCUT2D eigenvalue weighted by atomic mass is 10.2. The topological polar surface area (TPSA) is 93.8 Å². The predicted molar refractivity (Wildman–Crippen MR) is 128 cm³/mol. The van der Waals surface area contributed by atoms with Gasteiger partial charge in [0.2, 0.25) is 5.91 Å². The second kappa shape index (κ2) is 9.30. The number of hydrogen-bond donors (Lipinski definition) is 2. The number of aromatic nitrogens is 4. The molecule has 4 aromatic rings. The summed E-state index contributed by atoms with van der Waals surface area (Å²) in [6, 6.07) is 15.8. The smallest absolute Gasteiger partial charge is 0.257 e. The Morgan fingerprint density at radius 3 is 2.21 bits per heavy atom. The fraction of sp³-hybridized carbons (Fsp3) is 0.167. The van der Waals surface area contributed by atoms with Gasteiger partial charge in [0.1, 0.15) is 18.7 Å². The molecule has 2 heterocycles. The Morgan fingerprint density at radius 2 is 1.61 bits per heavy atom. The van der Waals surface area contributed by atoms with Crippen LogP contribution in [0.1, 0.15) is 34.7 Å². The van der Waals surface area contributed by atoms with Crippen LogP contribution in [-0.2, 0) is 4.79 Å². The molecule has 1 unspecified atom stereocenters. The van der Waals surface area contributed by atoms with Gasteiger partial charge in [-0.05, 0) is 75.4 Å². The molecule has 0 saturated carbocycles. The Morgan fingerprint density at radius 1 is 0.970 bits per heavy atom. The molecular weight excluding hydrogens is 440 g/mol. The van der Waals surface area contributed by atoms with Crippen LogP contribution in [0.5, 0.6) is 0 Å². The molecule has 2 aromatic heterocycles. The van der Waals surface area contributed by atoms with Gasteiger partial charge in [-0.2, -0.15) is 5.10 Å². The van der Waals surface area contributed by atoms with E-state index in [-0.39, 0.29) is 11.8 Å². The van der Waals surface area contributed by atoms with Crippen molar-refractivity contribution in [2.45, 2.75) is 26.8 Å². The van der Waals surface area contributed by atoms with Gasteiger partial charge in [-0.15, -0.1) is 0 Å². The van der Waals surface area contributed by atoms with Gasteiger partial charge in [0.05, 0.1) is 5.56 Å². The van der Waals surface area contributed by atoms with E-state index in [4.69, 9.17) is 11.6 Å². The summed E-state index contributed by atoms with van der Waals surface area (Å²) in [7, 11) is 0. The van der Waals surface area contributed by atoms with Crippen LogP contribution in [0.4, 0.5) is 11.4 Å². The maximum Gasteiger partial charge on any atom is 0.257 e. The number of aryl methyl sites for hydroxylation is 1. The van der Waals surface area contributed by atoms with Crippen molar-refractivity contribution in [1.82, 2.24) is 19.3 Å². The van der Waals surface area contributed by atoms with E-state index in [1.807, 2.05) is 48.7 Å². The van der Waals surface area contributed by atoms with Gasteiger partial charge in [0, 0.05) is 33.5 Å². The summed E-state index contributed by atoms with van der Waals surface area (Å²) in [5.41, 5.74) is 4.54. The first-order valence-electron chi connectivity index (χ1n) is 10.3. The highest BCUT2D eigenvalue weighted by atomic mass is 35.5. The van der Waals surface area contributed by atoms with Crippen molar-refractivity contribution in [2.75, 3.05) is 10.6 Å². The molecule has 1 atom stereocenters. The molecule has 0 aliphatic rings. The van der Waals surface area contributed by atoms with Crippen LogP contribution in [0.3, 0.4) is 0 Å². The molecule has 9 heteroatoms. The van der Waals surface area contributed by atoms with Crippen LogP contribution in [0, 0.1) is 13.8 Å². The van der Waals surface area contributed by atoms with Crippen molar-refractivity contribution in [3.63, 3.8) is 0 Å². The Balaban J connectivity index is 1.44. The lowest BCUT2D eigenvalue weighted by Gasteiger charge is -2.13. The number of carbonyl (C=O) groups excluding carboxylic acids is 2. The predicted octanol–water partition coefficient (Wildman–Crippen LogP) is 4.79. The maximum atomic E-state index is 12.9. The average molecular weight is 463 g/mol. The third-order valence-electron chi connectivity index (χ3n) is 5.38. The molecule has 0 bridgehead atoms. The van der Waals surface area contributed by atoms with Gasteiger partial charge < -0.3 is 15.2 Å². The minimum atomic E-state index is -0.497. The van der Waals surface area contributed by atoms with Gasteiger partial charge in [0.25, 0.3) is 5.91 Å². The molecule has 0 spiro atoms. The van der Waals surface area contributed by atoms with Gasteiger partial charge in [-0.3, -0.25) is 9.59 Å². The Hall–Kier alpha value is -3.91. The van der Waals surface area contributed by atoms with E-state index in [0.717, 1.165) is 17.1 Å². The molecule has 0 fully saturated rings. The summed E-state index contributed by atoms with van der Waals surface area (Å²) in [5, 5.41) is 10.4. The van der Waals surface area contributed by atoms with Gasteiger partial charge in [-0.1, -0.05) is 11.6 Å². The van der Waals surface area contributed by atoms with Crippen molar-refractivity contribution in [1.29, 1.82) is 0 Å². The second-order valence-corrected chi connectivity index (χ2v) is 8.11. The number of anilines is 2. The van der Waals surface area contributed by atoms with Crippen molar-refractivity contribution in [3.8, 4) is 5.69 Å². The molecule has 0 aliphatic carbocycles. The van der Waals surface area contributed by atoms with E-state index in [1.54, 1.807) is 31.2 Å². The lowest BCUT2D eigenvalue weighted by molar-refractivity contribution is -0.119. The van der Waals surface area contributed by atoms with E-state index in [1.165, 1.54) is 17.3 Å². The maximum absolute atomic E-state index is 12.9. The lowest BCUT2D eigenvalue weighted by Crippen LogP contribution is -2.24. The van der Waals surface area contributed by atoms with E-state index in [2.05, 4.69) is 20.7 Å². The molecule has 2 amide bonds. The largest absolute Gasteiger partial charge is 0.324 e. The summed E-state index contributed by atoms with van der Waals surface area (Å²) < 4.78 is 3.49. The summed E-state index contributed by atoms with van der Waals surface area (Å²) >= 11 is 6.00. The molecule has 2 aromatic carbocycles. The zero-order chi connectivity index (χ0) is 23.5. The van der Waals surface area contributed by atoms with E-state index < -0.39 is 6.04 Å². The third-order valence-corrected chi connectivity index (χ3v) is 5.64. The first kappa shape index (κ1) is 22.3. The molecule has 2 N–H and O–H groups in total. The number of nitrogens with one attached hydrogen (secondary N) is 2. The first-order chi connectivity index (χ1) is 15.8. The monoisotopic (exact) mass is 462 g/mol. The summed E-state index contributed by atoms with van der Waals surface area (Å²) in [5.74, 6) is -0.424. The second-order valence-electron chi connectivity index (χ2n) is 7.67. The van der Waals surface area contributed by atoms with E-state index >= 15 is 0 Å². The fourth-order valence-electron chi connectivity index (χ4n) is 3.60. The molecule has 4 rings (SSSR count). The van der Waals surface area contributed by atoms with Crippen molar-refractivity contribution < 1.29 is 9.59 Å². The Kier molecular flexibility index (Phi) is 6.28. The van der Waals surface area contributed by atoms with Crippen LogP contribution in [-0.4, -0.2) is 31.1 Å². The van der Waals surface area contributed by atoms with E-state index in [0.29, 0.717) is 22.0 Å². The highest BCUT2D eigenvalue weighted by molar-refractivity contribution is 6.30. The molecule has 33 heavy (non-hydrogen) atoms. The molecule has 8 nitrogen and oxygen atoms in total. The number of carbonyl (C=O) groups is 2. The zero-order valence-corrected chi connectivity index (χ0v) is 19.2. The number of rotatable bonds is 6. The van der Waals surface area contributed by atoms with Gasteiger partial charge >= 0.3 is 0 Å². The molecular formula is C24H23ClN6O2. The standard InChI is InChI=1S/C24H23ClN6O2/c1-15-12-22(16(2)31(15)21-10-4-18(25)5-11-21)24(33)29-20-8-6-19(7-9-20)28-23(32)17(3)30-14-26-13-27-30/h4-14,17H,1-3H3,(H,28,32)(H,29,33). The zero-order valence-electron chi connectivity index (χ0n) is 18.4. The average Bonchev–Trinajstić information content (AvgIpc) is 3.43. The minimum Gasteiger partial charge on any atom is -0.324 e. The first-order valence-corrected chi connectivity index (χ1v) is 10.7. The highest BCUT2D eigenvalue weighted by Crippen LogP contribution is 2.23. The Bertz CT molecular complexity index is 1280. The highest BCUT2D eigenvalue weighted by Gasteiger charge is 2.18. The van der Waals surface area contributed by atoms with Gasteiger partial charge in [0.15, 0.2) is 0 Å². The SMILES string of the molecule is Cc1cc(C(=O)Nc2ccc(NC(=O)C(C)n3cncn3)cc2)c(C)n1-c1ccc(Cl)cc1. The molecule has 0 saturated heterocycles. The molecule has 0 radical (unpaired) electrons. The van der Waals surface area contributed by atoms with Crippen LogP contribution >= 0.6 is 11.6 Å². The minimum absolute atomic E-state index is 0.208. The summed E-state index contributed by atoms with van der Waals surface area (Å²) in [4.78, 5) is 29.2. The Labute approximate surface area is 196 Å². The van der Waals surface area contributed by atoms with Crippen molar-refractivity contribution in [3.05, 3.63) is 89.2 Å². The van der Waals surface area contributed by atoms with Crippen molar-refractivity contribution in [2.24, 2.45) is 0 Å². The quantitative estimate of drug-likeness (QED) is 0.430. The summed E-state index contributed by atoms with van der Waals surface area (Å²) in [6.45, 7) is 5.60. The number of amides is 2. The number of benzene rings is 2. The van der Waals surface area contributed by atoms with Crippen LogP contribution in [0.2, 0.25) is 5.02 Å². The van der Waals surface area contributed by atoms with Crippen LogP contribution in [0.15, 0.2) is 67.3 Å².